The molecule has 0 radical (unpaired) electrons. The Morgan fingerprint density at radius 1 is 0.950 bits per heavy atom. The molecule has 0 spiro atoms. The fourth-order valence-electron chi connectivity index (χ4n) is 1.21. The Labute approximate surface area is 111 Å². The number of aromatic nitrogens is 2. The summed E-state index contributed by atoms with van der Waals surface area (Å²) >= 11 is 0.575. The third kappa shape index (κ3) is 2.27. The van der Waals surface area contributed by atoms with Gasteiger partial charge in [0.1, 0.15) is 5.69 Å². The first-order valence-corrected chi connectivity index (χ1v) is 5.56. The maximum atomic E-state index is 13.3. The first kappa shape index (κ1) is 14.1. The molecule has 1 amide bonds. The van der Waals surface area contributed by atoms with Crippen molar-refractivity contribution in [3.05, 3.63) is 34.1 Å². The number of anilines is 2. The van der Waals surface area contributed by atoms with Gasteiger partial charge in [0, 0.05) is 0 Å². The van der Waals surface area contributed by atoms with Crippen LogP contribution in [0.4, 0.5) is 32.8 Å². The highest BCUT2D eigenvalue weighted by molar-refractivity contribution is 7.16. The van der Waals surface area contributed by atoms with Crippen molar-refractivity contribution < 1.29 is 26.7 Å². The minimum atomic E-state index is -2.32. The van der Waals surface area contributed by atoms with E-state index in [-0.39, 0.29) is 5.13 Å². The summed E-state index contributed by atoms with van der Waals surface area (Å²) in [6.45, 7) is 0. The molecule has 0 atom stereocenters. The molecule has 0 saturated heterocycles. The van der Waals surface area contributed by atoms with Crippen molar-refractivity contribution in [2.24, 2.45) is 0 Å². The standard InChI is InChI=1S/C9H3F5N4OS/c10-1-2(11)4(13)6(5(14)3(1)12)16-7(19)8-17-18-9(15)20-8/h(H2,15,18)(H,16,19). The normalized spacial score (nSPS) is 10.7. The molecule has 0 aliphatic carbocycles. The molecule has 0 aliphatic rings. The number of benzene rings is 1. The first-order valence-electron chi connectivity index (χ1n) is 4.74. The molecule has 2 aromatic rings. The Morgan fingerprint density at radius 2 is 1.45 bits per heavy atom. The predicted octanol–water partition coefficient (Wildman–Crippen LogP) is 2.07. The summed E-state index contributed by atoms with van der Waals surface area (Å²) in [5.41, 5.74) is 3.71. The van der Waals surface area contributed by atoms with Crippen LogP contribution < -0.4 is 11.1 Å². The van der Waals surface area contributed by atoms with E-state index < -0.39 is 45.7 Å². The molecule has 3 N–H and O–H groups in total. The van der Waals surface area contributed by atoms with Crippen molar-refractivity contribution >= 4 is 28.1 Å². The second-order valence-electron chi connectivity index (χ2n) is 3.34. The zero-order valence-electron chi connectivity index (χ0n) is 9.18. The Bertz CT molecular complexity index is 675. The van der Waals surface area contributed by atoms with E-state index in [1.165, 1.54) is 5.32 Å². The number of nitrogens with two attached hydrogens (primary N) is 1. The molecule has 5 nitrogen and oxygen atoms in total. The average Bonchev–Trinajstić information content (AvgIpc) is 2.85. The van der Waals surface area contributed by atoms with Crippen LogP contribution in [0.5, 0.6) is 0 Å². The Hall–Kier alpha value is -2.30. The van der Waals surface area contributed by atoms with Gasteiger partial charge in [0.25, 0.3) is 5.91 Å². The van der Waals surface area contributed by atoms with Crippen LogP contribution in [0.2, 0.25) is 0 Å². The van der Waals surface area contributed by atoms with Gasteiger partial charge in [-0.05, 0) is 0 Å². The van der Waals surface area contributed by atoms with Gasteiger partial charge in [0.05, 0.1) is 0 Å². The Morgan fingerprint density at radius 3 is 1.90 bits per heavy atom. The van der Waals surface area contributed by atoms with Gasteiger partial charge >= 0.3 is 0 Å². The lowest BCUT2D eigenvalue weighted by molar-refractivity contribution is 0.102. The maximum Gasteiger partial charge on any atom is 0.286 e. The van der Waals surface area contributed by atoms with Crippen molar-refractivity contribution in [2.45, 2.75) is 0 Å². The molecule has 0 bridgehead atoms. The van der Waals surface area contributed by atoms with Crippen LogP contribution in [0, 0.1) is 29.1 Å². The fourth-order valence-corrected chi connectivity index (χ4v) is 1.71. The number of rotatable bonds is 2. The Balaban J connectivity index is 2.42. The smallest absolute Gasteiger partial charge is 0.286 e. The van der Waals surface area contributed by atoms with Gasteiger partial charge in [-0.25, -0.2) is 22.0 Å². The second kappa shape index (κ2) is 5.00. The lowest BCUT2D eigenvalue weighted by atomic mass is 10.2. The fraction of sp³-hybridized carbons (Fsp3) is 0. The molecule has 11 heteroatoms. The predicted molar refractivity (Wildman–Crippen MR) is 58.5 cm³/mol. The van der Waals surface area contributed by atoms with Crippen LogP contribution in [-0.2, 0) is 0 Å². The zero-order valence-corrected chi connectivity index (χ0v) is 9.99. The maximum absolute atomic E-state index is 13.3. The van der Waals surface area contributed by atoms with Crippen molar-refractivity contribution in [1.82, 2.24) is 10.2 Å². The largest absolute Gasteiger partial charge is 0.374 e. The van der Waals surface area contributed by atoms with E-state index in [4.69, 9.17) is 5.73 Å². The van der Waals surface area contributed by atoms with Gasteiger partial charge in [-0.2, -0.15) is 0 Å². The number of hydrogen-bond donors (Lipinski definition) is 2. The topological polar surface area (TPSA) is 80.9 Å². The molecular formula is C9H3F5N4OS. The summed E-state index contributed by atoms with van der Waals surface area (Å²) in [4.78, 5) is 11.5. The van der Waals surface area contributed by atoms with E-state index >= 15 is 0 Å². The van der Waals surface area contributed by atoms with E-state index in [1.54, 1.807) is 0 Å². The molecule has 1 aromatic heterocycles. The summed E-state index contributed by atoms with van der Waals surface area (Å²) < 4.78 is 65.2. The Kier molecular flexibility index (Phi) is 3.53. The molecule has 106 valence electrons. The van der Waals surface area contributed by atoms with Crippen LogP contribution in [-0.4, -0.2) is 16.1 Å². The average molecular weight is 310 g/mol. The van der Waals surface area contributed by atoms with Gasteiger partial charge in [-0.3, -0.25) is 4.79 Å². The van der Waals surface area contributed by atoms with Crippen molar-refractivity contribution in [1.29, 1.82) is 0 Å². The number of nitrogen functional groups attached to an aromatic ring is 1. The van der Waals surface area contributed by atoms with E-state index in [2.05, 4.69) is 10.2 Å². The second-order valence-corrected chi connectivity index (χ2v) is 4.35. The number of carbonyl (C=O) groups is 1. The SMILES string of the molecule is Nc1nnc(C(=O)Nc2c(F)c(F)c(F)c(F)c2F)s1. The third-order valence-corrected chi connectivity index (χ3v) is 2.83. The van der Waals surface area contributed by atoms with Gasteiger partial charge in [-0.1, -0.05) is 11.3 Å². The van der Waals surface area contributed by atoms with Crippen LogP contribution in [0.15, 0.2) is 0 Å². The zero-order chi connectivity index (χ0) is 15.0. The van der Waals surface area contributed by atoms with E-state index in [9.17, 15) is 26.7 Å². The molecule has 0 unspecified atom stereocenters. The van der Waals surface area contributed by atoms with Crippen molar-refractivity contribution in [3.8, 4) is 0 Å². The minimum Gasteiger partial charge on any atom is -0.374 e. The summed E-state index contributed by atoms with van der Waals surface area (Å²) in [6, 6.07) is 0. The summed E-state index contributed by atoms with van der Waals surface area (Å²) in [5.74, 6) is -12.2. The van der Waals surface area contributed by atoms with Gasteiger partial charge < -0.3 is 11.1 Å². The van der Waals surface area contributed by atoms with Crippen LogP contribution in [0.3, 0.4) is 0 Å². The summed E-state index contributed by atoms with van der Waals surface area (Å²) in [7, 11) is 0. The van der Waals surface area contributed by atoms with Crippen LogP contribution in [0.1, 0.15) is 9.80 Å². The summed E-state index contributed by atoms with van der Waals surface area (Å²) in [5, 5.41) is 7.55. The van der Waals surface area contributed by atoms with Gasteiger partial charge in [-0.15, -0.1) is 10.2 Å². The highest BCUT2D eigenvalue weighted by Gasteiger charge is 2.27. The highest BCUT2D eigenvalue weighted by atomic mass is 32.1. The minimum absolute atomic E-state index is 0.104. The number of nitrogens with one attached hydrogen (secondary N) is 1. The number of halogens is 5. The van der Waals surface area contributed by atoms with Gasteiger partial charge in [0.15, 0.2) is 23.3 Å². The van der Waals surface area contributed by atoms with Crippen LogP contribution >= 0.6 is 11.3 Å². The molecule has 0 aliphatic heterocycles. The number of amides is 1. The first-order chi connectivity index (χ1) is 9.32. The van der Waals surface area contributed by atoms with Crippen molar-refractivity contribution in [2.75, 3.05) is 11.1 Å². The third-order valence-electron chi connectivity index (χ3n) is 2.08. The van der Waals surface area contributed by atoms with Crippen LogP contribution in [0.25, 0.3) is 0 Å². The van der Waals surface area contributed by atoms with E-state index in [0.717, 1.165) is 0 Å². The molecular weight excluding hydrogens is 307 g/mol. The molecule has 2 rings (SSSR count). The quantitative estimate of drug-likeness (QED) is 0.505. The molecule has 1 aromatic carbocycles. The summed E-state index contributed by atoms with van der Waals surface area (Å²) in [6.07, 6.45) is 0. The van der Waals surface area contributed by atoms with Crippen molar-refractivity contribution in [3.63, 3.8) is 0 Å². The van der Waals surface area contributed by atoms with E-state index in [0.29, 0.717) is 11.3 Å². The lowest BCUT2D eigenvalue weighted by Crippen LogP contribution is -2.16. The number of hydrogen-bond acceptors (Lipinski definition) is 5. The number of carbonyl (C=O) groups excluding carboxylic acids is 1. The molecule has 1 heterocycles. The monoisotopic (exact) mass is 310 g/mol. The molecule has 20 heavy (non-hydrogen) atoms. The molecule has 0 fully saturated rings. The van der Waals surface area contributed by atoms with E-state index in [1.807, 2.05) is 0 Å². The number of nitrogens with zero attached hydrogens (tertiary/aromatic N) is 2. The highest BCUT2D eigenvalue weighted by Crippen LogP contribution is 2.27. The lowest BCUT2D eigenvalue weighted by Gasteiger charge is -2.08. The molecule has 0 saturated carbocycles. The van der Waals surface area contributed by atoms with Gasteiger partial charge in [0.2, 0.25) is 16.0 Å².